The lowest BCUT2D eigenvalue weighted by Crippen LogP contribution is -2.27. The van der Waals surface area contributed by atoms with Crippen LogP contribution in [0.5, 0.6) is 0 Å². The second-order valence-electron chi connectivity index (χ2n) is 3.53. The Morgan fingerprint density at radius 3 is 2.76 bits per heavy atom. The molecular formula is C9H10BrFN2O3S. The molecule has 1 aliphatic heterocycles. The van der Waals surface area contributed by atoms with E-state index in [1.165, 1.54) is 6.07 Å². The summed E-state index contributed by atoms with van der Waals surface area (Å²) in [5, 5.41) is 0. The van der Waals surface area contributed by atoms with Gasteiger partial charge >= 0.3 is 0 Å². The van der Waals surface area contributed by atoms with Crippen LogP contribution in [0, 0.1) is 5.82 Å². The lowest BCUT2D eigenvalue weighted by Gasteiger charge is -2.15. The predicted molar refractivity (Wildman–Crippen MR) is 63.0 cm³/mol. The lowest BCUT2D eigenvalue weighted by molar-refractivity contribution is -0.0286. The molecule has 2 N–H and O–H groups in total. The molecule has 1 aromatic rings. The van der Waals surface area contributed by atoms with Crippen molar-refractivity contribution in [2.75, 3.05) is 18.9 Å². The predicted octanol–water partition coefficient (Wildman–Crippen LogP) is 1.50. The van der Waals surface area contributed by atoms with E-state index in [0.717, 1.165) is 10.5 Å². The maximum atomic E-state index is 13.8. The molecule has 2 rings (SSSR count). The van der Waals surface area contributed by atoms with Gasteiger partial charge in [-0.3, -0.25) is 4.84 Å². The summed E-state index contributed by atoms with van der Waals surface area (Å²) in [6.07, 6.45) is 0.588. The smallest absolute Gasteiger partial charge is 0.268 e. The summed E-state index contributed by atoms with van der Waals surface area (Å²) in [4.78, 5) is 4.45. The van der Waals surface area contributed by atoms with Gasteiger partial charge < -0.3 is 5.73 Å². The first-order valence-electron chi connectivity index (χ1n) is 4.83. The van der Waals surface area contributed by atoms with Gasteiger partial charge in [0.2, 0.25) is 0 Å². The average molecular weight is 325 g/mol. The number of benzene rings is 1. The van der Waals surface area contributed by atoms with Gasteiger partial charge in [0.1, 0.15) is 4.90 Å². The van der Waals surface area contributed by atoms with Gasteiger partial charge in [-0.1, -0.05) is 4.47 Å². The third-order valence-electron chi connectivity index (χ3n) is 2.28. The van der Waals surface area contributed by atoms with E-state index < -0.39 is 20.7 Å². The van der Waals surface area contributed by atoms with Crippen LogP contribution in [0.4, 0.5) is 10.1 Å². The largest absolute Gasteiger partial charge is 0.399 e. The number of halogens is 2. The Morgan fingerprint density at radius 2 is 2.18 bits per heavy atom. The minimum Gasteiger partial charge on any atom is -0.399 e. The Balaban J connectivity index is 2.52. The summed E-state index contributed by atoms with van der Waals surface area (Å²) in [7, 11) is -3.99. The van der Waals surface area contributed by atoms with Crippen LogP contribution in [0.3, 0.4) is 0 Å². The second-order valence-corrected chi connectivity index (χ2v) is 6.18. The topological polar surface area (TPSA) is 72.6 Å². The third kappa shape index (κ3) is 2.30. The van der Waals surface area contributed by atoms with Crippen molar-refractivity contribution in [1.82, 2.24) is 4.47 Å². The third-order valence-corrected chi connectivity index (χ3v) is 4.54. The summed E-state index contributed by atoms with van der Waals surface area (Å²) in [6.45, 7) is 0.526. The molecule has 5 nitrogen and oxygen atoms in total. The van der Waals surface area contributed by atoms with Crippen molar-refractivity contribution in [1.29, 1.82) is 0 Å². The Labute approximate surface area is 106 Å². The van der Waals surface area contributed by atoms with Crippen LogP contribution in [0.25, 0.3) is 0 Å². The summed E-state index contributed by atoms with van der Waals surface area (Å²) in [5.74, 6) is -0.866. The number of hydrogen-bond donors (Lipinski definition) is 1. The molecule has 0 amide bonds. The van der Waals surface area contributed by atoms with Crippen molar-refractivity contribution in [3.05, 3.63) is 22.4 Å². The Bertz CT molecular complexity index is 543. The first kappa shape index (κ1) is 12.7. The normalized spacial score (nSPS) is 17.5. The van der Waals surface area contributed by atoms with E-state index in [4.69, 9.17) is 10.6 Å². The van der Waals surface area contributed by atoms with E-state index >= 15 is 0 Å². The molecule has 17 heavy (non-hydrogen) atoms. The van der Waals surface area contributed by atoms with Crippen molar-refractivity contribution in [3.8, 4) is 0 Å². The van der Waals surface area contributed by atoms with Gasteiger partial charge in [0.05, 0.1) is 11.1 Å². The zero-order valence-electron chi connectivity index (χ0n) is 8.69. The highest BCUT2D eigenvalue weighted by atomic mass is 79.9. The monoisotopic (exact) mass is 324 g/mol. The summed E-state index contributed by atoms with van der Waals surface area (Å²) in [5.41, 5.74) is 5.67. The standard InChI is InChI=1S/C9H10BrFN2O3S/c10-7-4-6(12)5-8(9(7)11)17(14,15)13-2-1-3-16-13/h4-5H,1-3,12H2. The molecule has 0 aromatic heterocycles. The van der Waals surface area contributed by atoms with Crippen LogP contribution in [-0.4, -0.2) is 26.0 Å². The van der Waals surface area contributed by atoms with Crippen LogP contribution < -0.4 is 5.73 Å². The number of sulfonamides is 1. The SMILES string of the molecule is Nc1cc(Br)c(F)c(S(=O)(=O)N2CCCO2)c1. The second kappa shape index (κ2) is 4.52. The molecule has 1 saturated heterocycles. The van der Waals surface area contributed by atoms with Gasteiger partial charge in [-0.2, -0.15) is 0 Å². The van der Waals surface area contributed by atoms with Crippen molar-refractivity contribution >= 4 is 31.6 Å². The summed E-state index contributed by atoms with van der Waals surface area (Å²) in [6, 6.07) is 2.39. The summed E-state index contributed by atoms with van der Waals surface area (Å²) < 4.78 is 38.7. The van der Waals surface area contributed by atoms with Gasteiger partial charge in [0.25, 0.3) is 10.0 Å². The van der Waals surface area contributed by atoms with Crippen LogP contribution in [-0.2, 0) is 14.9 Å². The molecule has 0 unspecified atom stereocenters. The fourth-order valence-electron chi connectivity index (χ4n) is 1.50. The minimum absolute atomic E-state index is 0.00951. The quantitative estimate of drug-likeness (QED) is 0.837. The Kier molecular flexibility index (Phi) is 3.39. The highest BCUT2D eigenvalue weighted by Crippen LogP contribution is 2.29. The number of nitrogens with two attached hydrogens (primary N) is 1. The fourth-order valence-corrected chi connectivity index (χ4v) is 3.53. The van der Waals surface area contributed by atoms with Gasteiger partial charge in [-0.25, -0.2) is 12.8 Å². The van der Waals surface area contributed by atoms with Crippen molar-refractivity contribution in [2.24, 2.45) is 0 Å². The zero-order chi connectivity index (χ0) is 12.6. The first-order valence-corrected chi connectivity index (χ1v) is 7.06. The zero-order valence-corrected chi connectivity index (χ0v) is 11.1. The number of hydroxylamine groups is 1. The lowest BCUT2D eigenvalue weighted by atomic mass is 10.3. The number of nitrogen functional groups attached to an aromatic ring is 1. The molecule has 0 spiro atoms. The van der Waals surface area contributed by atoms with Crippen LogP contribution in [0.15, 0.2) is 21.5 Å². The summed E-state index contributed by atoms with van der Waals surface area (Å²) >= 11 is 2.92. The van der Waals surface area contributed by atoms with E-state index in [0.29, 0.717) is 13.0 Å². The van der Waals surface area contributed by atoms with Crippen molar-refractivity contribution < 1.29 is 17.6 Å². The number of rotatable bonds is 2. The molecule has 0 bridgehead atoms. The molecule has 0 radical (unpaired) electrons. The fraction of sp³-hybridized carbons (Fsp3) is 0.333. The molecule has 0 saturated carbocycles. The maximum Gasteiger partial charge on any atom is 0.268 e. The minimum atomic E-state index is -3.99. The molecule has 1 fully saturated rings. The number of hydrogen-bond acceptors (Lipinski definition) is 4. The van der Waals surface area contributed by atoms with Gasteiger partial charge in [-0.05, 0) is 34.5 Å². The molecule has 1 aliphatic rings. The highest BCUT2D eigenvalue weighted by Gasteiger charge is 2.32. The van der Waals surface area contributed by atoms with Crippen molar-refractivity contribution in [2.45, 2.75) is 11.3 Å². The molecule has 8 heteroatoms. The average Bonchev–Trinajstić information content (AvgIpc) is 2.76. The van der Waals surface area contributed by atoms with E-state index in [9.17, 15) is 12.8 Å². The van der Waals surface area contributed by atoms with Crippen LogP contribution in [0.2, 0.25) is 0 Å². The highest BCUT2D eigenvalue weighted by molar-refractivity contribution is 9.10. The molecule has 0 aliphatic carbocycles. The van der Waals surface area contributed by atoms with Crippen LogP contribution >= 0.6 is 15.9 Å². The molecular weight excluding hydrogens is 315 g/mol. The molecule has 1 aromatic carbocycles. The first-order chi connectivity index (χ1) is 7.93. The molecule has 1 heterocycles. The molecule has 94 valence electrons. The van der Waals surface area contributed by atoms with Gasteiger partial charge in [-0.15, -0.1) is 0 Å². The van der Waals surface area contributed by atoms with E-state index in [1.807, 2.05) is 0 Å². The van der Waals surface area contributed by atoms with Crippen molar-refractivity contribution in [3.63, 3.8) is 0 Å². The van der Waals surface area contributed by atoms with Crippen LogP contribution in [0.1, 0.15) is 6.42 Å². The van der Waals surface area contributed by atoms with E-state index in [1.54, 1.807) is 0 Å². The Hall–Kier alpha value is -0.700. The maximum absolute atomic E-state index is 13.8. The van der Waals surface area contributed by atoms with E-state index in [-0.39, 0.29) is 16.7 Å². The van der Waals surface area contributed by atoms with Gasteiger partial charge in [0, 0.05) is 12.2 Å². The Morgan fingerprint density at radius 1 is 1.47 bits per heavy atom. The molecule has 0 atom stereocenters. The number of anilines is 1. The van der Waals surface area contributed by atoms with E-state index in [2.05, 4.69) is 15.9 Å². The van der Waals surface area contributed by atoms with Gasteiger partial charge in [0.15, 0.2) is 5.82 Å². The number of nitrogens with zero attached hydrogens (tertiary/aromatic N) is 1.